The summed E-state index contributed by atoms with van der Waals surface area (Å²) in [4.78, 5) is 4.36. The summed E-state index contributed by atoms with van der Waals surface area (Å²) >= 11 is 0. The Kier molecular flexibility index (Phi) is 2.46. The summed E-state index contributed by atoms with van der Waals surface area (Å²) in [7, 11) is 0. The molecule has 0 amide bonds. The number of hydrogen-bond donors (Lipinski definition) is 1. The van der Waals surface area contributed by atoms with Gasteiger partial charge in [-0.25, -0.2) is 0 Å². The van der Waals surface area contributed by atoms with Crippen molar-refractivity contribution >= 4 is 0 Å². The van der Waals surface area contributed by atoms with Gasteiger partial charge < -0.3 is 14.3 Å². The first kappa shape index (κ1) is 9.59. The molecule has 1 fully saturated rings. The molecule has 1 N–H and O–H groups in total. The predicted octanol–water partition coefficient (Wildman–Crippen LogP) is 1.80. The Balaban J connectivity index is 1.82. The normalized spacial score (nSPS) is 21.1. The van der Waals surface area contributed by atoms with Gasteiger partial charge in [0.2, 0.25) is 0 Å². The van der Waals surface area contributed by atoms with Crippen molar-refractivity contribution in [2.45, 2.75) is 18.8 Å². The van der Waals surface area contributed by atoms with E-state index in [1.165, 1.54) is 0 Å². The minimum atomic E-state index is 0.362. The highest BCUT2D eigenvalue weighted by Crippen LogP contribution is 2.24. The Morgan fingerprint density at radius 2 is 2.44 bits per heavy atom. The number of piperidine rings is 1. The van der Waals surface area contributed by atoms with Gasteiger partial charge >= 0.3 is 0 Å². The summed E-state index contributed by atoms with van der Waals surface area (Å²) in [5.74, 6) is 2.23. The van der Waals surface area contributed by atoms with Crippen molar-refractivity contribution in [3.8, 4) is 11.7 Å². The fourth-order valence-electron chi connectivity index (χ4n) is 1.97. The van der Waals surface area contributed by atoms with Crippen LogP contribution in [0.25, 0.3) is 11.7 Å². The summed E-state index contributed by atoms with van der Waals surface area (Å²) in [5, 5.41) is 7.34. The van der Waals surface area contributed by atoms with Crippen LogP contribution in [0, 0.1) is 0 Å². The molecule has 5 nitrogen and oxygen atoms in total. The van der Waals surface area contributed by atoms with Gasteiger partial charge in [0.25, 0.3) is 5.89 Å². The fourth-order valence-corrected chi connectivity index (χ4v) is 1.97. The van der Waals surface area contributed by atoms with Crippen molar-refractivity contribution in [2.75, 3.05) is 13.1 Å². The van der Waals surface area contributed by atoms with Crippen LogP contribution in [0.1, 0.15) is 24.6 Å². The molecule has 3 rings (SSSR count). The lowest BCUT2D eigenvalue weighted by atomic mass is 9.99. The summed E-state index contributed by atoms with van der Waals surface area (Å²) in [6.45, 7) is 2.01. The van der Waals surface area contributed by atoms with Gasteiger partial charge in [-0.05, 0) is 31.5 Å². The van der Waals surface area contributed by atoms with E-state index in [4.69, 9.17) is 8.94 Å². The molecule has 0 unspecified atom stereocenters. The molecular formula is C11H13N3O2. The molecule has 0 radical (unpaired) electrons. The van der Waals surface area contributed by atoms with Crippen LogP contribution in [0.4, 0.5) is 0 Å². The Hall–Kier alpha value is -1.62. The van der Waals surface area contributed by atoms with E-state index in [0.29, 0.717) is 17.6 Å². The minimum absolute atomic E-state index is 0.362. The summed E-state index contributed by atoms with van der Waals surface area (Å²) in [6.07, 6.45) is 3.88. The molecular weight excluding hydrogens is 206 g/mol. The first-order valence-electron chi connectivity index (χ1n) is 5.51. The molecule has 1 aliphatic heterocycles. The zero-order chi connectivity index (χ0) is 10.8. The van der Waals surface area contributed by atoms with E-state index >= 15 is 0 Å². The molecule has 2 aromatic rings. The lowest BCUT2D eigenvalue weighted by Gasteiger charge is -2.19. The zero-order valence-electron chi connectivity index (χ0n) is 8.85. The minimum Gasteiger partial charge on any atom is -0.459 e. The molecule has 5 heteroatoms. The standard InChI is InChI=1S/C11H13N3O2/c1-3-8(7-12-5-1)10-13-11(16-14-10)9-4-2-6-15-9/h2,4,6,8,12H,1,3,5,7H2/t8-/m1/s1. The van der Waals surface area contributed by atoms with E-state index in [9.17, 15) is 0 Å². The quantitative estimate of drug-likeness (QED) is 0.834. The van der Waals surface area contributed by atoms with Gasteiger partial charge in [0.1, 0.15) is 0 Å². The van der Waals surface area contributed by atoms with Crippen LogP contribution in [0.3, 0.4) is 0 Å². The third kappa shape index (κ3) is 1.74. The topological polar surface area (TPSA) is 64.1 Å². The van der Waals surface area contributed by atoms with Crippen molar-refractivity contribution in [3.63, 3.8) is 0 Å². The summed E-state index contributed by atoms with van der Waals surface area (Å²) in [5.41, 5.74) is 0. The number of furan rings is 1. The van der Waals surface area contributed by atoms with Crippen LogP contribution in [-0.4, -0.2) is 23.2 Å². The molecule has 0 spiro atoms. The predicted molar refractivity (Wildman–Crippen MR) is 56.8 cm³/mol. The lowest BCUT2D eigenvalue weighted by Crippen LogP contribution is -2.28. The molecule has 16 heavy (non-hydrogen) atoms. The third-order valence-corrected chi connectivity index (χ3v) is 2.84. The second kappa shape index (κ2) is 4.09. The summed E-state index contributed by atoms with van der Waals surface area (Å²) in [6, 6.07) is 3.62. The first-order chi connectivity index (χ1) is 7.93. The molecule has 2 aromatic heterocycles. The maximum absolute atomic E-state index is 5.21. The van der Waals surface area contributed by atoms with Gasteiger partial charge in [-0.2, -0.15) is 4.98 Å². The van der Waals surface area contributed by atoms with E-state index < -0.39 is 0 Å². The van der Waals surface area contributed by atoms with Gasteiger partial charge in [0.05, 0.1) is 6.26 Å². The molecule has 0 saturated carbocycles. The van der Waals surface area contributed by atoms with Crippen molar-refractivity contribution in [3.05, 3.63) is 24.2 Å². The fraction of sp³-hybridized carbons (Fsp3) is 0.455. The number of aromatic nitrogens is 2. The van der Waals surface area contributed by atoms with E-state index in [1.807, 2.05) is 6.07 Å². The Labute approximate surface area is 92.8 Å². The van der Waals surface area contributed by atoms with Crippen LogP contribution in [0.15, 0.2) is 27.3 Å². The van der Waals surface area contributed by atoms with Crippen LogP contribution in [0.5, 0.6) is 0 Å². The molecule has 0 aliphatic carbocycles. The highest BCUT2D eigenvalue weighted by atomic mass is 16.5. The van der Waals surface area contributed by atoms with Gasteiger partial charge in [-0.15, -0.1) is 0 Å². The molecule has 3 heterocycles. The van der Waals surface area contributed by atoms with E-state index in [1.54, 1.807) is 12.3 Å². The Morgan fingerprint density at radius 1 is 1.44 bits per heavy atom. The van der Waals surface area contributed by atoms with E-state index in [-0.39, 0.29) is 0 Å². The van der Waals surface area contributed by atoms with Gasteiger partial charge in [0, 0.05) is 12.5 Å². The van der Waals surface area contributed by atoms with Crippen LogP contribution in [-0.2, 0) is 0 Å². The second-order valence-corrected chi connectivity index (χ2v) is 3.98. The average Bonchev–Trinajstić information content (AvgIpc) is 3.01. The van der Waals surface area contributed by atoms with Crippen molar-refractivity contribution < 1.29 is 8.94 Å². The molecule has 84 valence electrons. The highest BCUT2D eigenvalue weighted by molar-refractivity contribution is 5.42. The summed E-state index contributed by atoms with van der Waals surface area (Å²) < 4.78 is 10.4. The third-order valence-electron chi connectivity index (χ3n) is 2.84. The number of nitrogens with zero attached hydrogens (tertiary/aromatic N) is 2. The van der Waals surface area contributed by atoms with Crippen LogP contribution < -0.4 is 5.32 Å². The number of nitrogens with one attached hydrogen (secondary N) is 1. The molecule has 1 saturated heterocycles. The van der Waals surface area contributed by atoms with E-state index in [0.717, 1.165) is 31.8 Å². The molecule has 1 atom stereocenters. The second-order valence-electron chi connectivity index (χ2n) is 3.98. The monoisotopic (exact) mass is 219 g/mol. The highest BCUT2D eigenvalue weighted by Gasteiger charge is 2.21. The SMILES string of the molecule is c1coc(-c2nc([C@@H]3CCCNC3)no2)c1. The maximum atomic E-state index is 5.21. The van der Waals surface area contributed by atoms with Gasteiger partial charge in [0.15, 0.2) is 11.6 Å². The molecule has 1 aliphatic rings. The smallest absolute Gasteiger partial charge is 0.293 e. The van der Waals surface area contributed by atoms with Crippen molar-refractivity contribution in [2.24, 2.45) is 0 Å². The number of rotatable bonds is 2. The van der Waals surface area contributed by atoms with Gasteiger partial charge in [-0.3, -0.25) is 0 Å². The van der Waals surface area contributed by atoms with Crippen molar-refractivity contribution in [1.82, 2.24) is 15.5 Å². The Bertz CT molecular complexity index is 444. The molecule has 0 aromatic carbocycles. The first-order valence-corrected chi connectivity index (χ1v) is 5.51. The zero-order valence-corrected chi connectivity index (χ0v) is 8.85. The average molecular weight is 219 g/mol. The maximum Gasteiger partial charge on any atom is 0.293 e. The Morgan fingerprint density at radius 3 is 3.19 bits per heavy atom. The van der Waals surface area contributed by atoms with Crippen LogP contribution >= 0.6 is 0 Å². The number of hydrogen-bond acceptors (Lipinski definition) is 5. The van der Waals surface area contributed by atoms with Gasteiger partial charge in [-0.1, -0.05) is 5.16 Å². The van der Waals surface area contributed by atoms with Crippen molar-refractivity contribution in [1.29, 1.82) is 0 Å². The van der Waals surface area contributed by atoms with E-state index in [2.05, 4.69) is 15.5 Å². The molecule has 0 bridgehead atoms. The van der Waals surface area contributed by atoms with Crippen LogP contribution in [0.2, 0.25) is 0 Å². The largest absolute Gasteiger partial charge is 0.459 e. The lowest BCUT2D eigenvalue weighted by molar-refractivity contribution is 0.387.